The molecule has 0 fully saturated rings. The molecule has 142 valence electrons. The third kappa shape index (κ3) is 3.31. The molecule has 7 nitrogen and oxygen atoms in total. The lowest BCUT2D eigenvalue weighted by Crippen LogP contribution is -2.47. The monoisotopic (exact) mass is 374 g/mol. The fourth-order valence-electron chi connectivity index (χ4n) is 3.11. The molecular formula is C19H19FN2O5. The van der Waals surface area contributed by atoms with E-state index in [0.29, 0.717) is 5.69 Å². The van der Waals surface area contributed by atoms with E-state index in [9.17, 15) is 18.8 Å². The van der Waals surface area contributed by atoms with Crippen molar-refractivity contribution in [2.24, 2.45) is 0 Å². The Morgan fingerprint density at radius 2 is 1.93 bits per heavy atom. The molecular weight excluding hydrogens is 355 g/mol. The van der Waals surface area contributed by atoms with Gasteiger partial charge >= 0.3 is 12.1 Å². The molecule has 1 aromatic carbocycles. The lowest BCUT2D eigenvalue weighted by molar-refractivity contribution is -0.136. The average molecular weight is 374 g/mol. The molecule has 2 aliphatic heterocycles. The first-order valence-corrected chi connectivity index (χ1v) is 8.33. The van der Waals surface area contributed by atoms with Crippen molar-refractivity contribution in [1.29, 1.82) is 0 Å². The Kier molecular flexibility index (Phi) is 4.53. The molecule has 0 saturated carbocycles. The minimum Gasteiger partial charge on any atom is -0.464 e. The summed E-state index contributed by atoms with van der Waals surface area (Å²) in [6.07, 6.45) is 0.675. The minimum absolute atomic E-state index is 0.00781. The lowest BCUT2D eigenvalue weighted by Gasteiger charge is -2.41. The Morgan fingerprint density at radius 3 is 2.52 bits per heavy atom. The molecule has 8 heteroatoms. The van der Waals surface area contributed by atoms with E-state index in [0.717, 1.165) is 0 Å². The number of carbonyl (C=O) groups excluding carboxylic acids is 3. The predicted octanol–water partition coefficient (Wildman–Crippen LogP) is 2.67. The van der Waals surface area contributed by atoms with Crippen LogP contribution in [0.25, 0.3) is 5.57 Å². The number of ether oxygens (including phenoxy) is 2. The van der Waals surface area contributed by atoms with Crippen molar-refractivity contribution >= 4 is 35.0 Å². The molecule has 0 N–H and O–H groups in total. The second-order valence-electron chi connectivity index (χ2n) is 7.14. The van der Waals surface area contributed by atoms with Crippen LogP contribution in [-0.2, 0) is 19.1 Å². The summed E-state index contributed by atoms with van der Waals surface area (Å²) in [5.74, 6) is 0.462. The predicted molar refractivity (Wildman–Crippen MR) is 96.5 cm³/mol. The van der Waals surface area contributed by atoms with Gasteiger partial charge in [-0.2, -0.15) is 0 Å². The van der Waals surface area contributed by atoms with Crippen LogP contribution in [0.4, 0.5) is 20.6 Å². The molecule has 0 radical (unpaired) electrons. The topological polar surface area (TPSA) is 76.2 Å². The van der Waals surface area contributed by atoms with Gasteiger partial charge in [-0.1, -0.05) is 0 Å². The highest BCUT2D eigenvalue weighted by molar-refractivity contribution is 6.11. The van der Waals surface area contributed by atoms with Crippen LogP contribution in [0.5, 0.6) is 0 Å². The van der Waals surface area contributed by atoms with Gasteiger partial charge in [0.2, 0.25) is 0 Å². The van der Waals surface area contributed by atoms with Gasteiger partial charge in [-0.15, -0.1) is 0 Å². The number of esters is 1. The van der Waals surface area contributed by atoms with E-state index in [1.807, 2.05) is 0 Å². The number of allylic oxidation sites excluding steroid dienone is 2. The third-order valence-corrected chi connectivity index (χ3v) is 4.14. The van der Waals surface area contributed by atoms with Gasteiger partial charge < -0.3 is 14.4 Å². The Balaban J connectivity index is 2.17. The molecule has 0 bridgehead atoms. The van der Waals surface area contributed by atoms with Gasteiger partial charge in [0.25, 0.3) is 0 Å². The van der Waals surface area contributed by atoms with Gasteiger partial charge in [-0.05, 0) is 39.0 Å². The first kappa shape index (κ1) is 18.7. The average Bonchev–Trinajstić information content (AvgIpc) is 2.59. The molecule has 0 unspecified atom stereocenters. The summed E-state index contributed by atoms with van der Waals surface area (Å²) < 4.78 is 24.4. The van der Waals surface area contributed by atoms with Crippen molar-refractivity contribution in [3.8, 4) is 0 Å². The maximum atomic E-state index is 14.2. The van der Waals surface area contributed by atoms with Gasteiger partial charge in [0, 0.05) is 18.7 Å². The molecule has 0 aromatic heterocycles. The zero-order chi connectivity index (χ0) is 19.9. The Hall–Kier alpha value is -3.12. The summed E-state index contributed by atoms with van der Waals surface area (Å²) in [5.41, 5.74) is 0.240. The zero-order valence-corrected chi connectivity index (χ0v) is 15.5. The summed E-state index contributed by atoms with van der Waals surface area (Å²) in [7, 11) is 1.23. The van der Waals surface area contributed by atoms with Crippen LogP contribution in [0.1, 0.15) is 26.3 Å². The van der Waals surface area contributed by atoms with Crippen molar-refractivity contribution < 1.29 is 28.2 Å². The molecule has 0 saturated heterocycles. The number of anilines is 2. The molecule has 0 spiro atoms. The normalized spacial score (nSPS) is 15.6. The van der Waals surface area contributed by atoms with Crippen molar-refractivity contribution in [2.75, 3.05) is 30.0 Å². The van der Waals surface area contributed by atoms with Crippen LogP contribution in [-0.4, -0.2) is 43.8 Å². The van der Waals surface area contributed by atoms with Crippen LogP contribution in [0.2, 0.25) is 0 Å². The first-order chi connectivity index (χ1) is 12.7. The lowest BCUT2D eigenvalue weighted by atomic mass is 9.95. The quantitative estimate of drug-likeness (QED) is 0.556. The summed E-state index contributed by atoms with van der Waals surface area (Å²) in [5, 5.41) is 0. The summed E-state index contributed by atoms with van der Waals surface area (Å²) in [6, 6.07) is 2.35. The summed E-state index contributed by atoms with van der Waals surface area (Å²) in [4.78, 5) is 39.1. The van der Waals surface area contributed by atoms with Crippen LogP contribution < -0.4 is 9.80 Å². The van der Waals surface area contributed by atoms with Gasteiger partial charge in [0.15, 0.2) is 0 Å². The summed E-state index contributed by atoms with van der Waals surface area (Å²) in [6.45, 7) is 5.60. The number of hydrogen-bond donors (Lipinski definition) is 0. The van der Waals surface area contributed by atoms with Crippen LogP contribution in [0.15, 0.2) is 23.9 Å². The van der Waals surface area contributed by atoms with Crippen LogP contribution in [0.3, 0.4) is 0 Å². The number of nitrogens with zero attached hydrogens (tertiary/aromatic N) is 2. The van der Waals surface area contributed by atoms with Crippen LogP contribution in [0, 0.1) is 5.82 Å². The summed E-state index contributed by atoms with van der Waals surface area (Å²) >= 11 is 0. The number of hydrogen-bond acceptors (Lipinski definition) is 6. The maximum absolute atomic E-state index is 14.2. The van der Waals surface area contributed by atoms with Crippen LogP contribution >= 0.6 is 0 Å². The number of carbonyl (C=O) groups is 2. The third-order valence-electron chi connectivity index (χ3n) is 4.14. The minimum atomic E-state index is -0.730. The van der Waals surface area contributed by atoms with Crippen molar-refractivity contribution in [3.05, 3.63) is 35.3 Å². The standard InChI is InChI=1S/C19H19FN2O5/c1-19(2,3)27-18(25)22-6-5-21-15(17(24)26-4)7-11(10-23)13-8-12(20)9-14(22)16(13)21/h7-9H,5-6H2,1-4H3. The number of benzene rings is 1. The Bertz CT molecular complexity index is 909. The fourth-order valence-corrected chi connectivity index (χ4v) is 3.11. The molecule has 0 atom stereocenters. The van der Waals surface area contributed by atoms with E-state index in [4.69, 9.17) is 9.47 Å². The van der Waals surface area contributed by atoms with Gasteiger partial charge in [-0.3, -0.25) is 4.90 Å². The number of halogens is 1. The fraction of sp³-hybridized carbons (Fsp3) is 0.368. The zero-order valence-electron chi connectivity index (χ0n) is 15.5. The van der Waals surface area contributed by atoms with Crippen molar-refractivity contribution in [3.63, 3.8) is 0 Å². The maximum Gasteiger partial charge on any atom is 0.414 e. The van der Waals surface area contributed by atoms with Gasteiger partial charge in [0.1, 0.15) is 23.1 Å². The second-order valence-corrected chi connectivity index (χ2v) is 7.14. The molecule has 27 heavy (non-hydrogen) atoms. The second kappa shape index (κ2) is 6.55. The van der Waals surface area contributed by atoms with E-state index in [-0.39, 0.29) is 35.6 Å². The van der Waals surface area contributed by atoms with Crippen molar-refractivity contribution in [2.45, 2.75) is 26.4 Å². The molecule has 2 heterocycles. The van der Waals surface area contributed by atoms with E-state index < -0.39 is 23.5 Å². The van der Waals surface area contributed by atoms with E-state index >= 15 is 0 Å². The van der Waals surface area contributed by atoms with Gasteiger partial charge in [-0.25, -0.2) is 18.8 Å². The highest BCUT2D eigenvalue weighted by Gasteiger charge is 2.38. The molecule has 0 aliphatic carbocycles. The van der Waals surface area contributed by atoms with E-state index in [2.05, 4.69) is 0 Å². The molecule has 3 rings (SSSR count). The smallest absolute Gasteiger partial charge is 0.414 e. The number of rotatable bonds is 1. The Labute approximate surface area is 155 Å². The van der Waals surface area contributed by atoms with E-state index in [1.54, 1.807) is 31.6 Å². The van der Waals surface area contributed by atoms with E-state index in [1.165, 1.54) is 30.2 Å². The highest BCUT2D eigenvalue weighted by Crippen LogP contribution is 2.45. The molecule has 1 aromatic rings. The first-order valence-electron chi connectivity index (χ1n) is 8.33. The SMILES string of the molecule is COC(=O)C1=CC(=C=O)c2cc(F)cc3c2N1CCN3C(=O)OC(C)(C)C. The molecule has 1 amide bonds. The molecule has 2 aliphatic rings. The van der Waals surface area contributed by atoms with Gasteiger partial charge in [0.05, 0.1) is 24.1 Å². The Morgan fingerprint density at radius 1 is 1.22 bits per heavy atom. The largest absolute Gasteiger partial charge is 0.464 e. The highest BCUT2D eigenvalue weighted by atomic mass is 19.1. The van der Waals surface area contributed by atoms with Crippen molar-refractivity contribution in [1.82, 2.24) is 0 Å². The number of methoxy groups -OCH3 is 1. The number of amides is 1.